The van der Waals surface area contributed by atoms with Gasteiger partial charge in [0.1, 0.15) is 0 Å². The smallest absolute Gasteiger partial charge is 0.231 e. The molecule has 2 heteroatoms. The van der Waals surface area contributed by atoms with Gasteiger partial charge in [-0.1, -0.05) is 36.8 Å². The predicted octanol–water partition coefficient (Wildman–Crippen LogP) is 3.37. The van der Waals surface area contributed by atoms with Gasteiger partial charge in [-0.2, -0.15) is 0 Å². The molecule has 1 aliphatic carbocycles. The first-order chi connectivity index (χ1) is 7.77. The van der Waals surface area contributed by atoms with Crippen molar-refractivity contribution in [3.8, 4) is 0 Å². The van der Waals surface area contributed by atoms with E-state index < -0.39 is 0 Å². The van der Waals surface area contributed by atoms with Crippen molar-refractivity contribution < 1.29 is 4.79 Å². The van der Waals surface area contributed by atoms with Crippen LogP contribution in [0.15, 0.2) is 42.5 Å². The van der Waals surface area contributed by atoms with Crippen LogP contribution in [0.1, 0.15) is 25.7 Å². The maximum Gasteiger partial charge on any atom is 0.231 e. The van der Waals surface area contributed by atoms with Gasteiger partial charge in [0, 0.05) is 5.69 Å². The maximum absolute atomic E-state index is 12.0. The van der Waals surface area contributed by atoms with Gasteiger partial charge in [-0.3, -0.25) is 4.79 Å². The number of carbonyl (C=O) groups excluding carboxylic acids is 1. The van der Waals surface area contributed by atoms with Crippen LogP contribution in [0.25, 0.3) is 0 Å². The number of anilines is 1. The Kier molecular flexibility index (Phi) is 3.40. The van der Waals surface area contributed by atoms with Gasteiger partial charge < -0.3 is 5.32 Å². The zero-order chi connectivity index (χ0) is 11.4. The summed E-state index contributed by atoms with van der Waals surface area (Å²) in [4.78, 5) is 12.0. The van der Waals surface area contributed by atoms with Crippen molar-refractivity contribution in [1.29, 1.82) is 0 Å². The van der Waals surface area contributed by atoms with Crippen LogP contribution in [0, 0.1) is 5.92 Å². The average Bonchev–Trinajstić information content (AvgIpc) is 2.31. The molecule has 16 heavy (non-hydrogen) atoms. The molecule has 1 atom stereocenters. The molecule has 0 aliphatic heterocycles. The number of hydrogen-bond donors (Lipinski definition) is 1. The van der Waals surface area contributed by atoms with E-state index in [4.69, 9.17) is 0 Å². The Morgan fingerprint density at radius 3 is 2.69 bits per heavy atom. The van der Waals surface area contributed by atoms with Crippen LogP contribution >= 0.6 is 0 Å². The van der Waals surface area contributed by atoms with Gasteiger partial charge >= 0.3 is 0 Å². The molecule has 1 N–H and O–H groups in total. The van der Waals surface area contributed by atoms with E-state index in [-0.39, 0.29) is 11.8 Å². The van der Waals surface area contributed by atoms with Gasteiger partial charge in [-0.05, 0) is 31.4 Å². The zero-order valence-electron chi connectivity index (χ0n) is 9.41. The predicted molar refractivity (Wildman–Crippen MR) is 66.2 cm³/mol. The first-order valence-corrected chi connectivity index (χ1v) is 5.81. The summed E-state index contributed by atoms with van der Waals surface area (Å²) in [7, 11) is 0. The van der Waals surface area contributed by atoms with Gasteiger partial charge in [0.25, 0.3) is 0 Å². The van der Waals surface area contributed by atoms with Crippen molar-refractivity contribution in [3.63, 3.8) is 0 Å². The summed E-state index contributed by atoms with van der Waals surface area (Å²) in [6, 6.07) is 9.60. The molecule has 0 saturated heterocycles. The third kappa shape index (κ3) is 2.51. The quantitative estimate of drug-likeness (QED) is 0.753. The highest BCUT2D eigenvalue weighted by molar-refractivity contribution is 5.94. The van der Waals surface area contributed by atoms with E-state index >= 15 is 0 Å². The highest BCUT2D eigenvalue weighted by Gasteiger charge is 2.24. The van der Waals surface area contributed by atoms with Crippen molar-refractivity contribution in [2.45, 2.75) is 25.7 Å². The van der Waals surface area contributed by atoms with Crippen molar-refractivity contribution in [1.82, 2.24) is 0 Å². The highest BCUT2D eigenvalue weighted by Crippen LogP contribution is 2.28. The number of amides is 1. The molecule has 2 rings (SSSR count). The first kappa shape index (κ1) is 10.9. The fraction of sp³-hybridized carbons (Fsp3) is 0.357. The molecule has 1 fully saturated rings. The highest BCUT2D eigenvalue weighted by atomic mass is 16.1. The molecule has 0 bridgehead atoms. The molecule has 1 aromatic carbocycles. The number of carbonyl (C=O) groups is 1. The lowest BCUT2D eigenvalue weighted by Gasteiger charge is -2.23. The Balaban J connectivity index is 2.00. The number of nitrogens with one attached hydrogen (secondary N) is 1. The number of hydrogen-bond acceptors (Lipinski definition) is 1. The monoisotopic (exact) mass is 215 g/mol. The fourth-order valence-electron chi connectivity index (χ4n) is 2.15. The minimum Gasteiger partial charge on any atom is -0.326 e. The zero-order valence-corrected chi connectivity index (χ0v) is 9.41. The second-order valence-electron chi connectivity index (χ2n) is 4.31. The van der Waals surface area contributed by atoms with E-state index in [2.05, 4.69) is 11.9 Å². The fourth-order valence-corrected chi connectivity index (χ4v) is 2.15. The first-order valence-electron chi connectivity index (χ1n) is 5.81. The lowest BCUT2D eigenvalue weighted by molar-refractivity contribution is -0.119. The van der Waals surface area contributed by atoms with Crippen LogP contribution < -0.4 is 5.32 Å². The van der Waals surface area contributed by atoms with Crippen molar-refractivity contribution in [2.75, 3.05) is 5.32 Å². The van der Waals surface area contributed by atoms with E-state index in [1.54, 1.807) is 0 Å². The largest absolute Gasteiger partial charge is 0.326 e. The lowest BCUT2D eigenvalue weighted by atomic mass is 9.84. The average molecular weight is 215 g/mol. The van der Waals surface area contributed by atoms with E-state index in [0.29, 0.717) is 0 Å². The Morgan fingerprint density at radius 2 is 2.00 bits per heavy atom. The van der Waals surface area contributed by atoms with Gasteiger partial charge in [0.05, 0.1) is 5.92 Å². The van der Waals surface area contributed by atoms with Crippen molar-refractivity contribution >= 4 is 11.6 Å². The molecule has 2 nitrogen and oxygen atoms in total. The summed E-state index contributed by atoms with van der Waals surface area (Å²) in [5.74, 6) is 0.102. The molecule has 84 valence electrons. The Bertz CT molecular complexity index is 383. The minimum absolute atomic E-state index is 0.00829. The van der Waals surface area contributed by atoms with Crippen molar-refractivity contribution in [2.24, 2.45) is 5.92 Å². The van der Waals surface area contributed by atoms with Crippen LogP contribution in [-0.4, -0.2) is 5.91 Å². The molecule has 0 heterocycles. The van der Waals surface area contributed by atoms with E-state index in [0.717, 1.165) is 30.5 Å². The molecule has 0 aromatic heterocycles. The second-order valence-corrected chi connectivity index (χ2v) is 4.31. The molecule has 1 amide bonds. The van der Waals surface area contributed by atoms with Crippen LogP contribution in [0.4, 0.5) is 5.69 Å². The molecule has 0 radical (unpaired) electrons. The SMILES string of the molecule is C=C1CCCCC1C(=O)Nc1ccccc1. The van der Waals surface area contributed by atoms with Gasteiger partial charge in [-0.25, -0.2) is 0 Å². The van der Waals surface area contributed by atoms with Gasteiger partial charge in [-0.15, -0.1) is 0 Å². The van der Waals surface area contributed by atoms with E-state index in [1.807, 2.05) is 30.3 Å². The molecule has 1 saturated carbocycles. The molecule has 1 aromatic rings. The summed E-state index contributed by atoms with van der Waals surface area (Å²) < 4.78 is 0. The number of benzene rings is 1. The Morgan fingerprint density at radius 1 is 1.25 bits per heavy atom. The van der Waals surface area contributed by atoms with Crippen LogP contribution in [0.3, 0.4) is 0 Å². The summed E-state index contributed by atoms with van der Waals surface area (Å²) in [5.41, 5.74) is 1.95. The Labute approximate surface area is 96.4 Å². The summed E-state index contributed by atoms with van der Waals surface area (Å²) >= 11 is 0. The molecular weight excluding hydrogens is 198 g/mol. The Hall–Kier alpha value is -1.57. The summed E-state index contributed by atoms with van der Waals surface area (Å²) in [5, 5.41) is 2.94. The molecular formula is C14H17NO. The van der Waals surface area contributed by atoms with Gasteiger partial charge in [0.15, 0.2) is 0 Å². The minimum atomic E-state index is 0.00829. The number of para-hydroxylation sites is 1. The third-order valence-corrected chi connectivity index (χ3v) is 3.09. The van der Waals surface area contributed by atoms with Crippen molar-refractivity contribution in [3.05, 3.63) is 42.5 Å². The summed E-state index contributed by atoms with van der Waals surface area (Å²) in [6.45, 7) is 4.00. The number of rotatable bonds is 2. The van der Waals surface area contributed by atoms with Crippen LogP contribution in [0.5, 0.6) is 0 Å². The van der Waals surface area contributed by atoms with Crippen LogP contribution in [0.2, 0.25) is 0 Å². The van der Waals surface area contributed by atoms with E-state index in [9.17, 15) is 4.79 Å². The van der Waals surface area contributed by atoms with Crippen LogP contribution in [-0.2, 0) is 4.79 Å². The molecule has 1 unspecified atom stereocenters. The van der Waals surface area contributed by atoms with Gasteiger partial charge in [0.2, 0.25) is 5.91 Å². The lowest BCUT2D eigenvalue weighted by Crippen LogP contribution is -2.26. The molecule has 1 aliphatic rings. The third-order valence-electron chi connectivity index (χ3n) is 3.09. The molecule has 0 spiro atoms. The topological polar surface area (TPSA) is 29.1 Å². The normalized spacial score (nSPS) is 20.5. The van der Waals surface area contributed by atoms with E-state index in [1.165, 1.54) is 6.42 Å². The second kappa shape index (κ2) is 4.97. The standard InChI is InChI=1S/C14H17NO/c1-11-7-5-6-10-13(11)14(16)15-12-8-3-2-4-9-12/h2-4,8-9,13H,1,5-7,10H2,(H,15,16). The summed E-state index contributed by atoms with van der Waals surface area (Å²) in [6.07, 6.45) is 4.24. The maximum atomic E-state index is 12.0.